The lowest BCUT2D eigenvalue weighted by Crippen LogP contribution is -2.21. The summed E-state index contributed by atoms with van der Waals surface area (Å²) < 4.78 is 31.7. The van der Waals surface area contributed by atoms with Gasteiger partial charge in [0.25, 0.3) is 0 Å². The molecule has 0 amide bonds. The Kier molecular flexibility index (Phi) is 5.77. The number of carbonyl (C=O) groups is 1. The predicted molar refractivity (Wildman–Crippen MR) is 88.4 cm³/mol. The van der Waals surface area contributed by atoms with E-state index >= 15 is 0 Å². The highest BCUT2D eigenvalue weighted by Crippen LogP contribution is 2.40. The van der Waals surface area contributed by atoms with E-state index in [-0.39, 0.29) is 0 Å². The van der Waals surface area contributed by atoms with E-state index in [2.05, 4.69) is 21.6 Å². The second-order valence-corrected chi connectivity index (χ2v) is 6.00. The first-order valence-electron chi connectivity index (χ1n) is 7.45. The number of carboxylic acids is 1. The minimum atomic E-state index is -5.08. The van der Waals surface area contributed by atoms with Crippen molar-refractivity contribution in [3.8, 4) is 6.07 Å². The lowest BCUT2D eigenvalue weighted by Gasteiger charge is -2.09. The van der Waals surface area contributed by atoms with Gasteiger partial charge in [-0.3, -0.25) is 5.10 Å². The zero-order valence-electron chi connectivity index (χ0n) is 13.5. The molecule has 0 radical (unpaired) electrons. The summed E-state index contributed by atoms with van der Waals surface area (Å²) in [6.45, 7) is 1.89. The molecule has 1 aliphatic rings. The number of nitriles is 1. The largest absolute Gasteiger partial charge is 0.490 e. The van der Waals surface area contributed by atoms with Crippen molar-refractivity contribution in [2.45, 2.75) is 31.9 Å². The van der Waals surface area contributed by atoms with Crippen LogP contribution in [-0.4, -0.2) is 27.4 Å². The monoisotopic (exact) mass is 386 g/mol. The summed E-state index contributed by atoms with van der Waals surface area (Å²) in [6, 6.07) is 7.67. The minimum Gasteiger partial charge on any atom is -0.475 e. The van der Waals surface area contributed by atoms with Gasteiger partial charge in [-0.05, 0) is 37.5 Å². The molecule has 3 N–H and O–H groups in total. The number of nitrogens with zero attached hydrogens (tertiary/aromatic N) is 2. The molecule has 6 nitrogen and oxygen atoms in total. The van der Waals surface area contributed by atoms with Crippen LogP contribution in [0.2, 0.25) is 5.02 Å². The molecule has 0 aliphatic heterocycles. The molecular weight excluding hydrogens is 373 g/mol. The van der Waals surface area contributed by atoms with Gasteiger partial charge in [0.15, 0.2) is 5.82 Å². The highest BCUT2D eigenvalue weighted by Gasteiger charge is 2.38. The zero-order chi connectivity index (χ0) is 19.5. The molecule has 0 bridgehead atoms. The standard InChI is InChI=1S/C14H13ClN4.C2HF3O2/c1-8-11(5-4-10(7-16)14(8)15)17-13-6-12(18-19-13)9-2-3-9;3-2(4,5)1(6)7/h4-6,9H,2-3H2,1H3,(H2,17,18,19);(H,6,7). The molecule has 3 rings (SSSR count). The van der Waals surface area contributed by atoms with Gasteiger partial charge in [-0.2, -0.15) is 23.5 Å². The summed E-state index contributed by atoms with van der Waals surface area (Å²) >= 11 is 6.14. The Morgan fingerprint density at radius 3 is 2.58 bits per heavy atom. The van der Waals surface area contributed by atoms with Crippen molar-refractivity contribution in [1.82, 2.24) is 10.2 Å². The maximum absolute atomic E-state index is 10.6. The second-order valence-electron chi connectivity index (χ2n) is 5.62. The number of carboxylic acid groups (broad SMARTS) is 1. The SMILES string of the molecule is Cc1c(Nc2cc(C3CC3)[nH]n2)ccc(C#N)c1Cl.O=C(O)C(F)(F)F. The number of hydrogen-bond acceptors (Lipinski definition) is 4. The maximum Gasteiger partial charge on any atom is 0.490 e. The van der Waals surface area contributed by atoms with E-state index in [9.17, 15) is 13.2 Å². The Morgan fingerprint density at radius 2 is 2.08 bits per heavy atom. The molecule has 1 aromatic carbocycles. The van der Waals surface area contributed by atoms with Gasteiger partial charge in [0.05, 0.1) is 10.6 Å². The number of alkyl halides is 3. The van der Waals surface area contributed by atoms with Crippen molar-refractivity contribution in [3.63, 3.8) is 0 Å². The van der Waals surface area contributed by atoms with Crippen LogP contribution in [0.25, 0.3) is 0 Å². The summed E-state index contributed by atoms with van der Waals surface area (Å²) in [5.41, 5.74) is 3.40. The van der Waals surface area contributed by atoms with E-state index in [0.29, 0.717) is 16.5 Å². The first-order valence-corrected chi connectivity index (χ1v) is 7.83. The molecule has 0 saturated heterocycles. The first kappa shape index (κ1) is 19.6. The van der Waals surface area contributed by atoms with Gasteiger partial charge < -0.3 is 10.4 Å². The van der Waals surface area contributed by atoms with Crippen LogP contribution in [0.3, 0.4) is 0 Å². The Hall–Kier alpha value is -2.73. The van der Waals surface area contributed by atoms with E-state index < -0.39 is 12.1 Å². The predicted octanol–water partition coefficient (Wildman–Crippen LogP) is 4.50. The summed E-state index contributed by atoms with van der Waals surface area (Å²) in [5, 5.41) is 27.1. The average Bonchev–Trinajstić information content (AvgIpc) is 3.31. The second kappa shape index (κ2) is 7.66. The van der Waals surface area contributed by atoms with Gasteiger partial charge in [-0.1, -0.05) is 11.6 Å². The third kappa shape index (κ3) is 4.89. The normalized spacial score (nSPS) is 13.4. The van der Waals surface area contributed by atoms with Gasteiger partial charge in [-0.15, -0.1) is 0 Å². The van der Waals surface area contributed by atoms with E-state index in [1.807, 2.05) is 19.1 Å². The van der Waals surface area contributed by atoms with Crippen molar-refractivity contribution in [1.29, 1.82) is 5.26 Å². The molecule has 1 aromatic heterocycles. The van der Waals surface area contributed by atoms with E-state index in [0.717, 1.165) is 17.1 Å². The third-order valence-electron chi connectivity index (χ3n) is 3.63. The van der Waals surface area contributed by atoms with E-state index in [1.165, 1.54) is 18.5 Å². The first-order chi connectivity index (χ1) is 12.1. The summed E-state index contributed by atoms with van der Waals surface area (Å²) in [4.78, 5) is 8.90. The number of anilines is 2. The Morgan fingerprint density at radius 1 is 1.46 bits per heavy atom. The topological polar surface area (TPSA) is 102 Å². The van der Waals surface area contributed by atoms with Crippen molar-refractivity contribution in [2.24, 2.45) is 0 Å². The summed E-state index contributed by atoms with van der Waals surface area (Å²) in [7, 11) is 0. The summed E-state index contributed by atoms with van der Waals surface area (Å²) in [6.07, 6.45) is -2.60. The van der Waals surface area contributed by atoms with Gasteiger partial charge in [0.2, 0.25) is 0 Å². The van der Waals surface area contributed by atoms with Crippen LogP contribution in [0.15, 0.2) is 18.2 Å². The van der Waals surface area contributed by atoms with Crippen LogP contribution in [0.4, 0.5) is 24.7 Å². The third-order valence-corrected chi connectivity index (χ3v) is 4.11. The molecule has 1 fully saturated rings. The highest BCUT2D eigenvalue weighted by atomic mass is 35.5. The molecule has 2 aromatic rings. The number of H-pyrrole nitrogens is 1. The fourth-order valence-corrected chi connectivity index (χ4v) is 2.26. The van der Waals surface area contributed by atoms with Crippen molar-refractivity contribution in [3.05, 3.63) is 40.0 Å². The lowest BCUT2D eigenvalue weighted by atomic mass is 10.1. The van der Waals surface area contributed by atoms with Crippen LogP contribution in [0, 0.1) is 18.3 Å². The molecule has 1 heterocycles. The number of halogens is 4. The van der Waals surface area contributed by atoms with E-state index in [1.54, 1.807) is 6.07 Å². The van der Waals surface area contributed by atoms with Crippen molar-refractivity contribution < 1.29 is 23.1 Å². The number of hydrogen-bond donors (Lipinski definition) is 3. The highest BCUT2D eigenvalue weighted by molar-refractivity contribution is 6.32. The number of aliphatic carboxylic acids is 1. The van der Waals surface area contributed by atoms with Crippen LogP contribution < -0.4 is 5.32 Å². The zero-order valence-corrected chi connectivity index (χ0v) is 14.2. The molecule has 0 atom stereocenters. The van der Waals surface area contributed by atoms with Gasteiger partial charge in [-0.25, -0.2) is 4.79 Å². The van der Waals surface area contributed by atoms with E-state index in [4.69, 9.17) is 26.8 Å². The minimum absolute atomic E-state index is 0.491. The van der Waals surface area contributed by atoms with Crippen LogP contribution in [0.5, 0.6) is 0 Å². The Balaban J connectivity index is 0.000000298. The molecule has 10 heteroatoms. The Labute approximate surface area is 151 Å². The van der Waals surface area contributed by atoms with Crippen molar-refractivity contribution in [2.75, 3.05) is 5.32 Å². The molecule has 138 valence electrons. The molecular formula is C16H14ClF3N4O2. The molecule has 1 saturated carbocycles. The number of aromatic nitrogens is 2. The number of rotatable bonds is 3. The number of nitrogens with one attached hydrogen (secondary N) is 2. The number of aromatic amines is 1. The lowest BCUT2D eigenvalue weighted by molar-refractivity contribution is -0.192. The molecule has 26 heavy (non-hydrogen) atoms. The summed E-state index contributed by atoms with van der Waals surface area (Å²) in [5.74, 6) is -1.33. The van der Waals surface area contributed by atoms with Crippen LogP contribution in [-0.2, 0) is 4.79 Å². The molecule has 0 unspecified atom stereocenters. The smallest absolute Gasteiger partial charge is 0.475 e. The maximum atomic E-state index is 10.6. The molecule has 1 aliphatic carbocycles. The quantitative estimate of drug-likeness (QED) is 0.721. The van der Waals surface area contributed by atoms with Crippen LogP contribution >= 0.6 is 11.6 Å². The molecule has 0 spiro atoms. The average molecular weight is 387 g/mol. The van der Waals surface area contributed by atoms with Gasteiger partial charge >= 0.3 is 12.1 Å². The van der Waals surface area contributed by atoms with Gasteiger partial charge in [0.1, 0.15) is 6.07 Å². The fraction of sp³-hybridized carbons (Fsp3) is 0.312. The van der Waals surface area contributed by atoms with Gasteiger partial charge in [0, 0.05) is 23.4 Å². The van der Waals surface area contributed by atoms with Crippen molar-refractivity contribution >= 4 is 29.1 Å². The number of benzene rings is 1. The fourth-order valence-electron chi connectivity index (χ4n) is 2.05. The Bertz CT molecular complexity index is 854. The van der Waals surface area contributed by atoms with Crippen LogP contribution in [0.1, 0.15) is 35.6 Å².